The van der Waals surface area contributed by atoms with Gasteiger partial charge in [0, 0.05) is 11.6 Å². The first-order valence-electron chi connectivity index (χ1n) is 9.03. The van der Waals surface area contributed by atoms with Gasteiger partial charge in [0.1, 0.15) is 26.2 Å². The van der Waals surface area contributed by atoms with Crippen molar-refractivity contribution < 1.29 is 19.5 Å². The minimum Gasteiger partial charge on any atom is -0.320 e. The minimum atomic E-state index is -0.170. The highest BCUT2D eigenvalue weighted by molar-refractivity contribution is 6.04. The summed E-state index contributed by atoms with van der Waals surface area (Å²) in [6, 6.07) is 13.0. The van der Waals surface area contributed by atoms with Crippen LogP contribution in [-0.2, 0) is 4.79 Å². The first-order chi connectivity index (χ1) is 12.6. The zero-order valence-corrected chi connectivity index (χ0v) is 15.3. The molecular weight excluding hydrogens is 328 g/mol. The lowest BCUT2D eigenvalue weighted by Gasteiger charge is -2.31. The largest absolute Gasteiger partial charge is 0.320 e. The molecule has 1 fully saturated rings. The van der Waals surface area contributed by atoms with Crippen molar-refractivity contribution in [3.05, 3.63) is 54.2 Å². The molecule has 6 heteroatoms. The number of hydrogen-bond donors (Lipinski definition) is 2. The van der Waals surface area contributed by atoms with Crippen molar-refractivity contribution in [2.75, 3.05) is 36.4 Å². The summed E-state index contributed by atoms with van der Waals surface area (Å²) in [5, 5.41) is 2.93. The maximum absolute atomic E-state index is 12.7. The monoisotopic (exact) mass is 354 g/mol. The summed E-state index contributed by atoms with van der Waals surface area (Å²) >= 11 is 0. The average molecular weight is 354 g/mol. The van der Waals surface area contributed by atoms with E-state index in [1.807, 2.05) is 31.3 Å². The number of nitrogens with one attached hydrogen (secondary N) is 3. The summed E-state index contributed by atoms with van der Waals surface area (Å²) in [6.45, 7) is 7.05. The van der Waals surface area contributed by atoms with Crippen LogP contribution in [0.15, 0.2) is 48.7 Å². The summed E-state index contributed by atoms with van der Waals surface area (Å²) in [7, 11) is 0. The van der Waals surface area contributed by atoms with Crippen LogP contribution in [0.1, 0.15) is 24.2 Å². The minimum absolute atomic E-state index is 0.0476. The summed E-state index contributed by atoms with van der Waals surface area (Å²) in [5.74, 6) is 1.01. The van der Waals surface area contributed by atoms with Crippen LogP contribution >= 0.6 is 0 Å². The molecule has 0 saturated carbocycles. The number of Topliss-reactive ketones (excluding diaryl/α,β-unsaturated/α-hetero) is 1. The Balaban J connectivity index is 1.59. The van der Waals surface area contributed by atoms with E-state index in [1.54, 1.807) is 18.2 Å². The van der Waals surface area contributed by atoms with Gasteiger partial charge in [-0.2, -0.15) is 0 Å². The molecule has 1 amide bonds. The first kappa shape index (κ1) is 18.1. The van der Waals surface area contributed by atoms with Gasteiger partial charge in [0.25, 0.3) is 11.7 Å². The van der Waals surface area contributed by atoms with Crippen molar-refractivity contribution in [1.29, 1.82) is 0 Å². The van der Waals surface area contributed by atoms with E-state index in [1.165, 1.54) is 11.8 Å². The van der Waals surface area contributed by atoms with Gasteiger partial charge in [-0.1, -0.05) is 18.2 Å². The number of nitrogens with zero attached hydrogens (tertiary/aromatic N) is 1. The number of aromatic nitrogens is 1. The van der Waals surface area contributed by atoms with Crippen molar-refractivity contribution in [2.45, 2.75) is 19.9 Å². The molecule has 1 aromatic carbocycles. The van der Waals surface area contributed by atoms with Gasteiger partial charge in [-0.05, 0) is 32.0 Å². The van der Waals surface area contributed by atoms with Gasteiger partial charge in [0.2, 0.25) is 0 Å². The Bertz CT molecular complexity index is 770. The predicted molar refractivity (Wildman–Crippen MR) is 100 cm³/mol. The second-order valence-electron chi connectivity index (χ2n) is 6.71. The Morgan fingerprint density at radius 2 is 1.81 bits per heavy atom. The van der Waals surface area contributed by atoms with Gasteiger partial charge in [0.05, 0.1) is 11.9 Å². The number of H-pyrrole nitrogens is 1. The second-order valence-corrected chi connectivity index (χ2v) is 6.71. The number of benzene rings is 1. The summed E-state index contributed by atoms with van der Waals surface area (Å²) in [4.78, 5) is 31.2. The molecule has 2 heterocycles. The molecule has 1 atom stereocenters. The predicted octanol–water partition coefficient (Wildman–Crippen LogP) is 0.435. The van der Waals surface area contributed by atoms with Crippen LogP contribution in [0.5, 0.6) is 0 Å². The maximum atomic E-state index is 12.7. The molecule has 0 aliphatic carbocycles. The zero-order chi connectivity index (χ0) is 18.5. The molecule has 2 aromatic rings. The highest BCUT2D eigenvalue weighted by Crippen LogP contribution is 2.15. The Labute approximate surface area is 153 Å². The lowest BCUT2D eigenvalue weighted by molar-refractivity contribution is -0.914. The molecule has 136 valence electrons. The number of para-hydroxylation sites is 1. The van der Waals surface area contributed by atoms with Crippen LogP contribution in [0.4, 0.5) is 11.5 Å². The van der Waals surface area contributed by atoms with Crippen LogP contribution in [0.2, 0.25) is 0 Å². The van der Waals surface area contributed by atoms with Gasteiger partial charge >= 0.3 is 0 Å². The van der Waals surface area contributed by atoms with Crippen LogP contribution in [0, 0.1) is 0 Å². The van der Waals surface area contributed by atoms with Crippen molar-refractivity contribution in [3.8, 4) is 0 Å². The number of carbonyl (C=O) groups is 2. The standard InChI is InChI=1S/C20H24N4O2/c1-15(20(26)22-18-8-4-3-7-17(18)16(2)25)23-11-13-24(14-12-23)19-9-5-6-10-21-19/h3-10,15H,11-14H2,1-2H3,(H,22,26)/p+2/t15-/m1/s1. The van der Waals surface area contributed by atoms with Crippen molar-refractivity contribution in [1.82, 2.24) is 0 Å². The molecule has 1 aliphatic rings. The third-order valence-electron chi connectivity index (χ3n) is 5.01. The Hall–Kier alpha value is -2.73. The fraction of sp³-hybridized carbons (Fsp3) is 0.350. The molecule has 1 saturated heterocycles. The van der Waals surface area contributed by atoms with E-state index in [0.717, 1.165) is 32.0 Å². The molecule has 3 rings (SSSR count). The number of anilines is 2. The number of pyridine rings is 1. The maximum Gasteiger partial charge on any atom is 0.282 e. The number of ketones is 1. The van der Waals surface area contributed by atoms with E-state index in [4.69, 9.17) is 0 Å². The number of amides is 1. The molecule has 3 N–H and O–H groups in total. The Morgan fingerprint density at radius 3 is 2.46 bits per heavy atom. The van der Waals surface area contributed by atoms with Gasteiger partial charge < -0.3 is 10.2 Å². The number of hydrogen-bond acceptors (Lipinski definition) is 3. The average Bonchev–Trinajstić information content (AvgIpc) is 2.68. The number of carbonyl (C=O) groups excluding carboxylic acids is 2. The quantitative estimate of drug-likeness (QED) is 0.766. The topological polar surface area (TPSA) is 68.0 Å². The number of aromatic amines is 1. The Kier molecular flexibility index (Phi) is 5.63. The van der Waals surface area contributed by atoms with E-state index >= 15 is 0 Å². The lowest BCUT2D eigenvalue weighted by Crippen LogP contribution is -3.19. The van der Waals surface area contributed by atoms with E-state index < -0.39 is 0 Å². The third-order valence-corrected chi connectivity index (χ3v) is 5.01. The van der Waals surface area contributed by atoms with Gasteiger partial charge in [0.15, 0.2) is 11.8 Å². The lowest BCUT2D eigenvalue weighted by atomic mass is 10.1. The van der Waals surface area contributed by atoms with Crippen molar-refractivity contribution in [3.63, 3.8) is 0 Å². The molecule has 0 radical (unpaired) electrons. The van der Waals surface area contributed by atoms with Crippen molar-refractivity contribution in [2.24, 2.45) is 0 Å². The molecule has 6 nitrogen and oxygen atoms in total. The van der Waals surface area contributed by atoms with Crippen molar-refractivity contribution >= 4 is 23.2 Å². The molecule has 1 aliphatic heterocycles. The van der Waals surface area contributed by atoms with Gasteiger partial charge in [-0.3, -0.25) is 14.5 Å². The van der Waals surface area contributed by atoms with Gasteiger partial charge in [-0.25, -0.2) is 4.98 Å². The fourth-order valence-corrected chi connectivity index (χ4v) is 3.37. The van der Waals surface area contributed by atoms with Gasteiger partial charge in [-0.15, -0.1) is 0 Å². The number of rotatable bonds is 5. The van der Waals surface area contributed by atoms with Crippen LogP contribution < -0.4 is 20.1 Å². The normalized spacial score (nSPS) is 16.2. The number of piperazine rings is 1. The highest BCUT2D eigenvalue weighted by atomic mass is 16.2. The summed E-state index contributed by atoms with van der Waals surface area (Å²) < 4.78 is 0. The van der Waals surface area contributed by atoms with E-state index in [-0.39, 0.29) is 17.7 Å². The molecule has 0 bridgehead atoms. The smallest absolute Gasteiger partial charge is 0.282 e. The van der Waals surface area contributed by atoms with Crippen LogP contribution in [-0.4, -0.2) is 43.9 Å². The first-order valence-corrected chi connectivity index (χ1v) is 9.03. The highest BCUT2D eigenvalue weighted by Gasteiger charge is 2.32. The molecule has 1 aromatic heterocycles. The Morgan fingerprint density at radius 1 is 1.12 bits per heavy atom. The molecule has 0 spiro atoms. The van der Waals surface area contributed by atoms with Crippen LogP contribution in [0.25, 0.3) is 0 Å². The number of quaternary nitrogens is 1. The van der Waals surface area contributed by atoms with Crippen LogP contribution in [0.3, 0.4) is 0 Å². The SMILES string of the molecule is CC(=O)c1ccccc1NC(=O)[C@@H](C)[NH+]1CCN(c2cccc[nH+]2)CC1. The third kappa shape index (κ3) is 4.08. The fourth-order valence-electron chi connectivity index (χ4n) is 3.37. The second kappa shape index (κ2) is 8.10. The molecular formula is C20H26N4O2+2. The summed E-state index contributed by atoms with van der Waals surface area (Å²) in [5.41, 5.74) is 1.14. The summed E-state index contributed by atoms with van der Waals surface area (Å²) in [6.07, 6.45) is 1.93. The van der Waals surface area contributed by atoms with E-state index in [0.29, 0.717) is 11.3 Å². The molecule has 0 unspecified atom stereocenters. The van der Waals surface area contributed by atoms with E-state index in [9.17, 15) is 9.59 Å². The molecule has 26 heavy (non-hydrogen) atoms. The zero-order valence-electron chi connectivity index (χ0n) is 15.3. The van der Waals surface area contributed by atoms with E-state index in [2.05, 4.69) is 21.3 Å².